The molecule has 3 heterocycles. The zero-order chi connectivity index (χ0) is 19.5. The Balaban J connectivity index is 1.42. The minimum atomic E-state index is 0.131. The van der Waals surface area contributed by atoms with Crippen LogP contribution in [0.15, 0.2) is 41.3 Å². The molecule has 3 aromatic rings. The third kappa shape index (κ3) is 4.04. The summed E-state index contributed by atoms with van der Waals surface area (Å²) in [6.07, 6.45) is 5.23. The summed E-state index contributed by atoms with van der Waals surface area (Å²) in [5, 5.41) is 4.68. The zero-order valence-electron chi connectivity index (χ0n) is 15.5. The van der Waals surface area contributed by atoms with Gasteiger partial charge in [-0.05, 0) is 30.5 Å². The monoisotopic (exact) mass is 397 g/mol. The molecular weight excluding hydrogens is 378 g/mol. The summed E-state index contributed by atoms with van der Waals surface area (Å²) < 4.78 is 5.09. The molecule has 1 saturated heterocycles. The molecule has 1 amide bonds. The van der Waals surface area contributed by atoms with Gasteiger partial charge in [-0.3, -0.25) is 4.79 Å². The van der Waals surface area contributed by atoms with Gasteiger partial charge in [-0.25, -0.2) is 9.97 Å². The Morgan fingerprint density at radius 2 is 2.29 bits per heavy atom. The number of amides is 1. The number of carbonyl (C=O) groups is 1. The van der Waals surface area contributed by atoms with Crippen molar-refractivity contribution in [2.75, 3.05) is 13.1 Å². The van der Waals surface area contributed by atoms with Gasteiger partial charge in [0.25, 0.3) is 0 Å². The van der Waals surface area contributed by atoms with E-state index in [2.05, 4.69) is 20.1 Å². The molecule has 0 N–H and O–H groups in total. The number of hydrogen-bond acceptors (Lipinski definition) is 6. The highest BCUT2D eigenvalue weighted by atomic mass is 35.5. The van der Waals surface area contributed by atoms with Gasteiger partial charge in [0.05, 0.1) is 11.3 Å². The van der Waals surface area contributed by atoms with Gasteiger partial charge >= 0.3 is 0 Å². The third-order valence-corrected chi connectivity index (χ3v) is 5.19. The Kier molecular flexibility index (Phi) is 5.34. The van der Waals surface area contributed by atoms with Crippen LogP contribution in [0.25, 0.3) is 11.4 Å². The molecule has 4 rings (SSSR count). The molecule has 0 saturated carbocycles. The lowest BCUT2D eigenvalue weighted by Gasteiger charge is -2.17. The standard InChI is InChI=1S/C20H20ClN5O2/c1-13-24-20(25-28-13)17-10-22-12-23-19(17)15-7-8-26(11-15)18(27)6-5-14-3-2-4-16(21)9-14/h2-4,9-10,12,15H,5-8,11H2,1H3. The van der Waals surface area contributed by atoms with Crippen molar-refractivity contribution in [3.8, 4) is 11.4 Å². The van der Waals surface area contributed by atoms with Crippen LogP contribution in [0, 0.1) is 6.92 Å². The summed E-state index contributed by atoms with van der Waals surface area (Å²) in [5.74, 6) is 1.26. The number of halogens is 1. The summed E-state index contributed by atoms with van der Waals surface area (Å²) >= 11 is 6.02. The van der Waals surface area contributed by atoms with Crippen molar-refractivity contribution >= 4 is 17.5 Å². The van der Waals surface area contributed by atoms with Crippen LogP contribution in [0.1, 0.15) is 35.9 Å². The molecule has 0 spiro atoms. The van der Waals surface area contributed by atoms with Gasteiger partial charge in [-0.2, -0.15) is 4.98 Å². The second-order valence-electron chi connectivity index (χ2n) is 6.91. The van der Waals surface area contributed by atoms with Crippen molar-refractivity contribution in [3.63, 3.8) is 0 Å². The van der Waals surface area contributed by atoms with E-state index in [9.17, 15) is 4.79 Å². The Hall–Kier alpha value is -2.80. The van der Waals surface area contributed by atoms with E-state index < -0.39 is 0 Å². The quantitative estimate of drug-likeness (QED) is 0.655. The van der Waals surface area contributed by atoms with Crippen molar-refractivity contribution in [3.05, 3.63) is 59.0 Å². The molecule has 1 unspecified atom stereocenters. The van der Waals surface area contributed by atoms with Gasteiger partial charge in [0, 0.05) is 43.6 Å². The first-order chi connectivity index (χ1) is 13.6. The first kappa shape index (κ1) is 18.6. The molecule has 144 valence electrons. The van der Waals surface area contributed by atoms with Crippen molar-refractivity contribution in [1.82, 2.24) is 25.0 Å². The van der Waals surface area contributed by atoms with E-state index in [1.54, 1.807) is 13.1 Å². The van der Waals surface area contributed by atoms with Crippen molar-refractivity contribution < 1.29 is 9.32 Å². The number of aromatic nitrogens is 4. The van der Waals surface area contributed by atoms with Crippen LogP contribution in [-0.4, -0.2) is 44.0 Å². The van der Waals surface area contributed by atoms with E-state index in [1.165, 1.54) is 6.33 Å². The first-order valence-corrected chi connectivity index (χ1v) is 9.61. The summed E-state index contributed by atoms with van der Waals surface area (Å²) in [6, 6.07) is 7.64. The van der Waals surface area contributed by atoms with Gasteiger partial charge in [0.1, 0.15) is 6.33 Å². The molecule has 2 aromatic heterocycles. The number of nitrogens with zero attached hydrogens (tertiary/aromatic N) is 5. The van der Waals surface area contributed by atoms with Crippen LogP contribution in [0.2, 0.25) is 5.02 Å². The van der Waals surface area contributed by atoms with Gasteiger partial charge in [-0.15, -0.1) is 0 Å². The van der Waals surface area contributed by atoms with Crippen LogP contribution in [0.4, 0.5) is 0 Å². The first-order valence-electron chi connectivity index (χ1n) is 9.23. The molecule has 1 atom stereocenters. The van der Waals surface area contributed by atoms with Gasteiger partial charge in [0.15, 0.2) is 0 Å². The highest BCUT2D eigenvalue weighted by Gasteiger charge is 2.30. The fourth-order valence-corrected chi connectivity index (χ4v) is 3.77. The lowest BCUT2D eigenvalue weighted by Crippen LogP contribution is -2.28. The van der Waals surface area contributed by atoms with E-state index in [1.807, 2.05) is 29.2 Å². The van der Waals surface area contributed by atoms with Crippen LogP contribution >= 0.6 is 11.6 Å². The molecular formula is C20H20ClN5O2. The largest absolute Gasteiger partial charge is 0.342 e. The van der Waals surface area contributed by atoms with E-state index >= 15 is 0 Å². The molecule has 1 aromatic carbocycles. The average Bonchev–Trinajstić information content (AvgIpc) is 3.35. The average molecular weight is 398 g/mol. The second-order valence-corrected chi connectivity index (χ2v) is 7.35. The van der Waals surface area contributed by atoms with Gasteiger partial charge in [0.2, 0.25) is 17.6 Å². The summed E-state index contributed by atoms with van der Waals surface area (Å²) in [4.78, 5) is 27.4. The van der Waals surface area contributed by atoms with E-state index in [-0.39, 0.29) is 11.8 Å². The Labute approximate surface area is 167 Å². The molecule has 7 nitrogen and oxygen atoms in total. The third-order valence-electron chi connectivity index (χ3n) is 4.96. The van der Waals surface area contributed by atoms with Gasteiger partial charge < -0.3 is 9.42 Å². The minimum Gasteiger partial charge on any atom is -0.342 e. The molecule has 28 heavy (non-hydrogen) atoms. The summed E-state index contributed by atoms with van der Waals surface area (Å²) in [7, 11) is 0. The predicted octanol–water partition coefficient (Wildman–Crippen LogP) is 3.44. The maximum Gasteiger partial charge on any atom is 0.223 e. The molecule has 0 bridgehead atoms. The SMILES string of the molecule is Cc1nc(-c2cncnc2C2CCN(C(=O)CCc3cccc(Cl)c3)C2)no1. The lowest BCUT2D eigenvalue weighted by atomic mass is 10.00. The minimum absolute atomic E-state index is 0.131. The number of benzene rings is 1. The van der Waals surface area contributed by atoms with E-state index in [4.69, 9.17) is 16.1 Å². The van der Waals surface area contributed by atoms with Crippen LogP contribution in [-0.2, 0) is 11.2 Å². The fraction of sp³-hybridized carbons (Fsp3) is 0.350. The number of likely N-dealkylation sites (tertiary alicyclic amines) is 1. The van der Waals surface area contributed by atoms with Crippen molar-refractivity contribution in [2.24, 2.45) is 0 Å². The highest BCUT2D eigenvalue weighted by molar-refractivity contribution is 6.30. The van der Waals surface area contributed by atoms with Gasteiger partial charge in [-0.1, -0.05) is 28.9 Å². The number of rotatable bonds is 5. The summed E-state index contributed by atoms with van der Waals surface area (Å²) in [5.41, 5.74) is 2.70. The maximum atomic E-state index is 12.7. The van der Waals surface area contributed by atoms with Crippen molar-refractivity contribution in [1.29, 1.82) is 0 Å². The van der Waals surface area contributed by atoms with Crippen LogP contribution in [0.3, 0.4) is 0 Å². The smallest absolute Gasteiger partial charge is 0.223 e. The molecule has 1 fully saturated rings. The fourth-order valence-electron chi connectivity index (χ4n) is 3.56. The predicted molar refractivity (Wildman–Crippen MR) is 104 cm³/mol. The normalized spacial score (nSPS) is 16.5. The molecule has 1 aliphatic rings. The Morgan fingerprint density at radius 3 is 3.07 bits per heavy atom. The van der Waals surface area contributed by atoms with E-state index in [0.29, 0.717) is 42.7 Å². The number of carbonyl (C=O) groups excluding carboxylic acids is 1. The lowest BCUT2D eigenvalue weighted by molar-refractivity contribution is -0.130. The van der Waals surface area contributed by atoms with Crippen molar-refractivity contribution in [2.45, 2.75) is 32.1 Å². The van der Waals surface area contributed by atoms with Crippen LogP contribution in [0.5, 0.6) is 0 Å². The maximum absolute atomic E-state index is 12.7. The molecule has 1 aliphatic heterocycles. The molecule has 8 heteroatoms. The highest BCUT2D eigenvalue weighted by Crippen LogP contribution is 2.32. The Bertz CT molecular complexity index is 990. The number of aryl methyl sites for hydroxylation is 2. The zero-order valence-corrected chi connectivity index (χ0v) is 16.3. The number of hydrogen-bond donors (Lipinski definition) is 0. The topological polar surface area (TPSA) is 85.0 Å². The Morgan fingerprint density at radius 1 is 1.39 bits per heavy atom. The summed E-state index contributed by atoms with van der Waals surface area (Å²) in [6.45, 7) is 3.10. The van der Waals surface area contributed by atoms with E-state index in [0.717, 1.165) is 23.2 Å². The van der Waals surface area contributed by atoms with Crippen LogP contribution < -0.4 is 0 Å². The second kappa shape index (κ2) is 8.06. The molecule has 0 radical (unpaired) electrons. The molecule has 0 aliphatic carbocycles.